The van der Waals surface area contributed by atoms with Gasteiger partial charge in [0.05, 0.1) is 0 Å². The lowest BCUT2D eigenvalue weighted by Gasteiger charge is -2.09. The highest BCUT2D eigenvalue weighted by Gasteiger charge is 2.13. The molecule has 0 atom stereocenters. The molecule has 0 unspecified atom stereocenters. The predicted octanol–water partition coefficient (Wildman–Crippen LogP) is 6.81. The van der Waals surface area contributed by atoms with Crippen molar-refractivity contribution in [1.29, 1.82) is 0 Å². The van der Waals surface area contributed by atoms with Gasteiger partial charge in [0.25, 0.3) is 0 Å². The zero-order valence-corrected chi connectivity index (χ0v) is 16.5. The van der Waals surface area contributed by atoms with E-state index >= 15 is 0 Å². The highest BCUT2D eigenvalue weighted by molar-refractivity contribution is 5.95. The van der Waals surface area contributed by atoms with E-state index in [4.69, 9.17) is 0 Å². The van der Waals surface area contributed by atoms with E-state index in [-0.39, 0.29) is 0 Å². The lowest BCUT2D eigenvalue weighted by Crippen LogP contribution is -2.02. The highest BCUT2D eigenvalue weighted by Crippen LogP contribution is 2.33. The Kier molecular flexibility index (Phi) is 5.61. The Bertz CT molecular complexity index is 885. The third kappa shape index (κ3) is 4.07. The fraction of sp³-hybridized carbons (Fsp3) is 0.375. The molecule has 0 fully saturated rings. The van der Waals surface area contributed by atoms with E-state index in [0.29, 0.717) is 11.8 Å². The summed E-state index contributed by atoms with van der Waals surface area (Å²) in [4.78, 5) is 4.14. The maximum atomic E-state index is 4.40. The Morgan fingerprint density at radius 3 is 2.38 bits per heavy atom. The molecule has 0 spiro atoms. The molecule has 2 aromatic heterocycles. The van der Waals surface area contributed by atoms with E-state index in [1.807, 2.05) is 12.4 Å². The van der Waals surface area contributed by atoms with Crippen LogP contribution in [0.4, 0.5) is 0 Å². The summed E-state index contributed by atoms with van der Waals surface area (Å²) >= 11 is 0. The average Bonchev–Trinajstić information content (AvgIpc) is 2.97. The predicted molar refractivity (Wildman–Crippen MR) is 113 cm³/mol. The highest BCUT2D eigenvalue weighted by atomic mass is 15.0. The van der Waals surface area contributed by atoms with Gasteiger partial charge in [-0.1, -0.05) is 46.4 Å². The van der Waals surface area contributed by atoms with Crippen LogP contribution in [-0.4, -0.2) is 9.55 Å². The Hall–Kier alpha value is -2.35. The van der Waals surface area contributed by atoms with E-state index in [9.17, 15) is 0 Å². The number of pyridine rings is 1. The van der Waals surface area contributed by atoms with E-state index in [1.54, 1.807) is 0 Å². The first-order valence-corrected chi connectivity index (χ1v) is 9.67. The number of fused-ring (bicyclic) bond motifs is 1. The zero-order chi connectivity index (χ0) is 18.7. The number of nitrogens with zero attached hydrogens (tertiary/aromatic N) is 2. The largest absolute Gasteiger partial charge is 0.347 e. The zero-order valence-electron chi connectivity index (χ0n) is 16.5. The molecule has 1 aromatic carbocycles. The minimum Gasteiger partial charge on any atom is -0.347 e. The average molecular weight is 347 g/mol. The molecule has 0 N–H and O–H groups in total. The van der Waals surface area contributed by atoms with Crippen LogP contribution < -0.4 is 0 Å². The van der Waals surface area contributed by atoms with Crippen molar-refractivity contribution in [2.24, 2.45) is 11.8 Å². The van der Waals surface area contributed by atoms with Crippen molar-refractivity contribution in [3.63, 3.8) is 0 Å². The maximum absolute atomic E-state index is 4.40. The summed E-state index contributed by atoms with van der Waals surface area (Å²) in [6, 6.07) is 10.9. The topological polar surface area (TPSA) is 17.8 Å². The molecule has 26 heavy (non-hydrogen) atoms. The van der Waals surface area contributed by atoms with Crippen molar-refractivity contribution >= 4 is 16.5 Å². The Morgan fingerprint density at radius 2 is 1.73 bits per heavy atom. The molecule has 3 rings (SSSR count). The third-order valence-corrected chi connectivity index (χ3v) is 4.86. The number of benzene rings is 1. The number of hydrogen-bond acceptors (Lipinski definition) is 1. The molecule has 2 nitrogen and oxygen atoms in total. The van der Waals surface area contributed by atoms with Crippen molar-refractivity contribution in [3.8, 4) is 11.1 Å². The fourth-order valence-corrected chi connectivity index (χ4v) is 3.44. The number of hydrogen-bond donors (Lipinski definition) is 0. The fourth-order valence-electron chi connectivity index (χ4n) is 3.44. The van der Waals surface area contributed by atoms with Crippen LogP contribution in [-0.2, 0) is 6.54 Å². The Labute approximate surface area is 157 Å². The van der Waals surface area contributed by atoms with Gasteiger partial charge in [-0.05, 0) is 59.6 Å². The minimum absolute atomic E-state index is 0.604. The molecule has 0 radical (unpaired) electrons. The van der Waals surface area contributed by atoms with E-state index in [1.165, 1.54) is 39.6 Å². The molecular weight excluding hydrogens is 316 g/mol. The molecule has 0 amide bonds. The van der Waals surface area contributed by atoms with Crippen molar-refractivity contribution in [2.75, 3.05) is 0 Å². The standard InChI is InChI=1S/C24H30N2/c1-17(2)6-7-19(5)23-16-26(15-18(3)4)24-14-21(8-9-22(23)24)20-10-12-25-13-11-20/h8-14,16-18H,5-7,15H2,1-4H3. The first-order chi connectivity index (χ1) is 12.5. The van der Waals surface area contributed by atoms with E-state index in [0.717, 1.165) is 13.0 Å². The Balaban J connectivity index is 2.05. The van der Waals surface area contributed by atoms with Gasteiger partial charge in [-0.3, -0.25) is 4.98 Å². The molecule has 0 bridgehead atoms. The van der Waals surface area contributed by atoms with Gasteiger partial charge < -0.3 is 4.57 Å². The van der Waals surface area contributed by atoms with Gasteiger partial charge in [-0.25, -0.2) is 0 Å². The smallest absolute Gasteiger partial charge is 0.0492 e. The summed E-state index contributed by atoms with van der Waals surface area (Å²) in [5.41, 5.74) is 6.31. The molecule has 0 aliphatic heterocycles. The molecule has 0 saturated heterocycles. The lowest BCUT2D eigenvalue weighted by atomic mass is 9.97. The summed E-state index contributed by atoms with van der Waals surface area (Å²) in [5, 5.41) is 1.32. The summed E-state index contributed by atoms with van der Waals surface area (Å²) in [6.07, 6.45) is 8.26. The summed E-state index contributed by atoms with van der Waals surface area (Å²) < 4.78 is 2.40. The second-order valence-electron chi connectivity index (χ2n) is 8.09. The van der Waals surface area contributed by atoms with Crippen LogP contribution in [0.3, 0.4) is 0 Å². The Morgan fingerprint density at radius 1 is 1.00 bits per heavy atom. The normalized spacial score (nSPS) is 11.6. The van der Waals surface area contributed by atoms with Crippen LogP contribution in [0.1, 0.15) is 46.1 Å². The number of aromatic nitrogens is 2. The summed E-state index contributed by atoms with van der Waals surface area (Å²) in [5.74, 6) is 1.31. The molecule has 136 valence electrons. The lowest BCUT2D eigenvalue weighted by molar-refractivity contribution is 0.535. The monoisotopic (exact) mass is 346 g/mol. The van der Waals surface area contributed by atoms with Crippen LogP contribution >= 0.6 is 0 Å². The van der Waals surface area contributed by atoms with E-state index in [2.05, 4.69) is 80.4 Å². The van der Waals surface area contributed by atoms with Crippen molar-refractivity contribution in [3.05, 3.63) is 61.1 Å². The first-order valence-electron chi connectivity index (χ1n) is 9.67. The molecule has 2 heterocycles. The molecule has 0 aliphatic rings. The van der Waals surface area contributed by atoms with Crippen LogP contribution in [0.2, 0.25) is 0 Å². The third-order valence-electron chi connectivity index (χ3n) is 4.86. The van der Waals surface area contributed by atoms with Gasteiger partial charge in [0.1, 0.15) is 0 Å². The summed E-state index contributed by atoms with van der Waals surface area (Å²) in [6.45, 7) is 14.5. The van der Waals surface area contributed by atoms with Gasteiger partial charge in [-0.2, -0.15) is 0 Å². The van der Waals surface area contributed by atoms with E-state index < -0.39 is 0 Å². The van der Waals surface area contributed by atoms with Crippen molar-refractivity contribution < 1.29 is 0 Å². The number of allylic oxidation sites excluding steroid dienone is 1. The molecule has 3 aromatic rings. The van der Waals surface area contributed by atoms with Crippen molar-refractivity contribution in [1.82, 2.24) is 9.55 Å². The summed E-state index contributed by atoms with van der Waals surface area (Å²) in [7, 11) is 0. The SMILES string of the molecule is C=C(CCC(C)C)c1cn(CC(C)C)c2cc(-c3ccncc3)ccc12. The second kappa shape index (κ2) is 7.90. The van der Waals surface area contributed by atoms with Crippen LogP contribution in [0.25, 0.3) is 27.6 Å². The number of rotatable bonds is 7. The van der Waals surface area contributed by atoms with Gasteiger partial charge in [-0.15, -0.1) is 0 Å². The van der Waals surface area contributed by atoms with Gasteiger partial charge in [0.2, 0.25) is 0 Å². The molecule has 0 aliphatic carbocycles. The quantitative estimate of drug-likeness (QED) is 0.459. The molecule has 2 heteroatoms. The van der Waals surface area contributed by atoms with Crippen LogP contribution in [0, 0.1) is 11.8 Å². The van der Waals surface area contributed by atoms with Crippen molar-refractivity contribution in [2.45, 2.75) is 47.1 Å². The van der Waals surface area contributed by atoms with Gasteiger partial charge >= 0.3 is 0 Å². The van der Waals surface area contributed by atoms with Crippen LogP contribution in [0.15, 0.2) is 55.5 Å². The molecule has 0 saturated carbocycles. The maximum Gasteiger partial charge on any atom is 0.0492 e. The minimum atomic E-state index is 0.604. The second-order valence-corrected chi connectivity index (χ2v) is 8.09. The van der Waals surface area contributed by atoms with Gasteiger partial charge in [0, 0.05) is 41.6 Å². The van der Waals surface area contributed by atoms with Gasteiger partial charge in [0.15, 0.2) is 0 Å². The van der Waals surface area contributed by atoms with Crippen LogP contribution in [0.5, 0.6) is 0 Å². The first kappa shape index (κ1) is 18.4. The molecular formula is C24H30N2.